The number of nitrogens with one attached hydrogen (secondary N) is 2. The Labute approximate surface area is 604 Å². The van der Waals surface area contributed by atoms with Gasteiger partial charge in [-0.25, -0.2) is 19.7 Å². The molecule has 0 aliphatic heterocycles. The summed E-state index contributed by atoms with van der Waals surface area (Å²) in [5.41, 5.74) is 33.4. The molecular formula is C74H76Cl4FN15O7. The normalized spacial score (nSPS) is 10.6. The maximum absolute atomic E-state index is 12.7. The van der Waals surface area contributed by atoms with Crippen molar-refractivity contribution in [2.24, 2.45) is 5.73 Å². The number of carboxylic acids is 1. The molecule has 101 heavy (non-hydrogen) atoms. The topological polar surface area (TPSA) is 343 Å². The molecule has 22 nitrogen and oxygen atoms in total. The first kappa shape index (κ1) is 77.4. The Bertz CT molecular complexity index is 4950. The van der Waals surface area contributed by atoms with Crippen molar-refractivity contribution in [1.29, 1.82) is 0 Å². The van der Waals surface area contributed by atoms with E-state index in [9.17, 15) is 33.2 Å². The molecule has 9 aromatic heterocycles. The molecule has 524 valence electrons. The molecule has 3 aromatic carbocycles. The second-order valence-corrected chi connectivity index (χ2v) is 24.1. The lowest BCUT2D eigenvalue weighted by molar-refractivity contribution is 0.0695. The Kier molecular flexibility index (Phi) is 27.8. The summed E-state index contributed by atoms with van der Waals surface area (Å²) in [4.78, 5) is 98.9. The molecule has 0 atom stereocenters. The van der Waals surface area contributed by atoms with Crippen LogP contribution in [0.25, 0.3) is 32.3 Å². The van der Waals surface area contributed by atoms with Crippen molar-refractivity contribution in [3.8, 4) is 0 Å². The third kappa shape index (κ3) is 21.3. The highest BCUT2D eigenvalue weighted by molar-refractivity contribution is 6.32. The molecule has 2 amide bonds. The Balaban J connectivity index is 0.000000220. The van der Waals surface area contributed by atoms with E-state index in [0.717, 1.165) is 82.8 Å². The highest BCUT2D eigenvalue weighted by Crippen LogP contribution is 2.23. The van der Waals surface area contributed by atoms with E-state index in [4.69, 9.17) is 64.2 Å². The molecule has 11 N–H and O–H groups in total. The number of nitrogen functional groups attached to an aromatic ring is 3. The standard InChI is InChI=1S/2C24H22ClN5O2.C16H11ClN2O3.C8H13N3.CH3F.CH4.ClH/c2*1-14-7-22(26)29-15(2)21(14)11-28-24(32)17-5-6-27-20(9-17)13-30-12-18-8-19(25)4-3-16(18)10-23(30)31;17-13-2-1-10-7-15(20)19(8-12(10)5-13)9-14-6-11(16(21)22)3-4-18-14;1-5-3-8(10)11-6(2)7(5)4-9;1-2;;/h2*3-10,12H,11,13H2,1-2H3,(H2,26,29)(H,28,32);1-8H,9H2,(H,21,22);3H,4,9H2,1-2H3,(H2,10,11);1H3;1H4;1H/i;;;;1D;;. The van der Waals surface area contributed by atoms with E-state index in [0.29, 0.717) is 80.4 Å². The van der Waals surface area contributed by atoms with Crippen LogP contribution in [0.3, 0.4) is 0 Å². The number of nitrogens with zero attached hydrogens (tertiary/aromatic N) is 9. The number of aromatic carboxylic acids is 1. The number of amides is 2. The van der Waals surface area contributed by atoms with Crippen LogP contribution in [0.1, 0.15) is 107 Å². The van der Waals surface area contributed by atoms with Gasteiger partial charge in [-0.05, 0) is 198 Å². The van der Waals surface area contributed by atoms with Gasteiger partial charge in [0.2, 0.25) is 0 Å². The van der Waals surface area contributed by atoms with Crippen molar-refractivity contribution in [1.82, 2.24) is 54.2 Å². The lowest BCUT2D eigenvalue weighted by Gasteiger charge is -2.12. The summed E-state index contributed by atoms with van der Waals surface area (Å²) >= 11 is 18.1. The first-order valence-corrected chi connectivity index (χ1v) is 31.6. The summed E-state index contributed by atoms with van der Waals surface area (Å²) in [5, 5.41) is 21.6. The highest BCUT2D eigenvalue weighted by atomic mass is 35.5. The van der Waals surface area contributed by atoms with E-state index in [1.165, 1.54) is 29.0 Å². The van der Waals surface area contributed by atoms with Crippen LogP contribution in [0.5, 0.6) is 0 Å². The molecule has 0 unspecified atom stereocenters. The third-order valence-electron chi connectivity index (χ3n) is 15.7. The molecule has 12 aromatic rings. The number of alkyl halides is 1. The number of anilines is 3. The van der Waals surface area contributed by atoms with Gasteiger partial charge < -0.3 is 52.4 Å². The molecule has 0 spiro atoms. The van der Waals surface area contributed by atoms with Gasteiger partial charge in [0.05, 0.1) is 50.8 Å². The van der Waals surface area contributed by atoms with Crippen LogP contribution in [0.2, 0.25) is 15.1 Å². The van der Waals surface area contributed by atoms with E-state index in [-0.39, 0.29) is 73.5 Å². The van der Waals surface area contributed by atoms with Crippen molar-refractivity contribution in [3.63, 3.8) is 0 Å². The number of benzene rings is 3. The van der Waals surface area contributed by atoms with Crippen molar-refractivity contribution < 1.29 is 25.3 Å². The number of pyridine rings is 9. The molecule has 0 aliphatic rings. The SMILES string of the molecule is C.Cc1cc(N)nc(C)c1CN.Cc1cc(N)nc(C)c1CNC(=O)c1ccnc(Cn2cc3cc(Cl)ccc3cc2=O)c1.Cc1cc(N)nc(C)c1CNC(=O)c1ccnc(Cn2cc3cc(Cl)ccc3cc2=O)c1.Cl.O=C(O)c1ccnc(Cn2cc3cc(Cl)ccc3cc2=O)c1.[2H]CF. The summed E-state index contributed by atoms with van der Waals surface area (Å²) in [6, 6.07) is 35.6. The van der Waals surface area contributed by atoms with Crippen molar-refractivity contribution in [2.45, 2.75) is 88.2 Å². The summed E-state index contributed by atoms with van der Waals surface area (Å²) in [5.74, 6) is -0.0116. The van der Waals surface area contributed by atoms with Crippen LogP contribution >= 0.6 is 47.2 Å². The second kappa shape index (κ2) is 36.2. The lowest BCUT2D eigenvalue weighted by Crippen LogP contribution is -2.25. The number of nitrogens with two attached hydrogens (primary N) is 4. The van der Waals surface area contributed by atoms with Gasteiger partial charge in [0, 0.05) is 118 Å². The van der Waals surface area contributed by atoms with Crippen LogP contribution < -0.4 is 50.2 Å². The number of aromatic nitrogens is 9. The number of hydrogen-bond donors (Lipinski definition) is 7. The smallest absolute Gasteiger partial charge is 0.335 e. The monoisotopic (exact) mass is 1450 g/mol. The molecule has 0 saturated heterocycles. The zero-order chi connectivity index (χ0) is 72.5. The quantitative estimate of drug-likeness (QED) is 0.0532. The zero-order valence-corrected chi connectivity index (χ0v) is 58.3. The van der Waals surface area contributed by atoms with E-state index in [1.54, 1.807) is 131 Å². The molecule has 0 saturated carbocycles. The first-order valence-electron chi connectivity index (χ1n) is 31.2. The molecular weight excluding hydrogens is 1370 g/mol. The van der Waals surface area contributed by atoms with Gasteiger partial charge >= 0.3 is 5.97 Å². The van der Waals surface area contributed by atoms with Crippen molar-refractivity contribution >= 4 is 115 Å². The number of fused-ring (bicyclic) bond motifs is 3. The number of aryl methyl sites for hydroxylation is 6. The summed E-state index contributed by atoms with van der Waals surface area (Å²) in [6.07, 6.45) is 9.73. The minimum absolute atomic E-state index is 0. The molecule has 9 heterocycles. The average Bonchev–Trinajstić information content (AvgIpc) is 0.798. The Morgan fingerprint density at radius 1 is 0.475 bits per heavy atom. The Hall–Kier alpha value is -11.0. The predicted octanol–water partition coefficient (Wildman–Crippen LogP) is 12.4. The first-order chi connectivity index (χ1) is 47.7. The number of carbonyl (C=O) groups excluding carboxylic acids is 2. The molecule has 27 heteroatoms. The minimum atomic E-state index is -1.03. The zero-order valence-electron chi connectivity index (χ0n) is 56.2. The summed E-state index contributed by atoms with van der Waals surface area (Å²) in [6.45, 7) is 13.4. The highest BCUT2D eigenvalue weighted by Gasteiger charge is 2.15. The fourth-order valence-electron chi connectivity index (χ4n) is 10.8. The second-order valence-electron chi connectivity index (χ2n) is 22.8. The largest absolute Gasteiger partial charge is 0.478 e. The molecule has 0 bridgehead atoms. The fourth-order valence-corrected chi connectivity index (χ4v) is 11.3. The summed E-state index contributed by atoms with van der Waals surface area (Å²) in [7, 11) is -1.00. The van der Waals surface area contributed by atoms with Gasteiger partial charge in [0.25, 0.3) is 28.5 Å². The van der Waals surface area contributed by atoms with Gasteiger partial charge in [-0.15, -0.1) is 12.4 Å². The van der Waals surface area contributed by atoms with Crippen molar-refractivity contribution in [3.05, 3.63) is 295 Å². The third-order valence-corrected chi connectivity index (χ3v) is 16.4. The number of hydrogen-bond acceptors (Lipinski definition) is 16. The van der Waals surface area contributed by atoms with Crippen LogP contribution in [0.15, 0.2) is 179 Å². The van der Waals surface area contributed by atoms with Crippen LogP contribution in [-0.2, 0) is 39.3 Å². The van der Waals surface area contributed by atoms with Crippen LogP contribution in [-0.4, -0.2) is 73.6 Å². The minimum Gasteiger partial charge on any atom is -0.478 e. The Morgan fingerprint density at radius 2 is 0.772 bits per heavy atom. The van der Waals surface area contributed by atoms with Gasteiger partial charge in [0.15, 0.2) is 0 Å². The number of halogens is 5. The number of rotatable bonds is 14. The van der Waals surface area contributed by atoms with Crippen LogP contribution in [0, 0.1) is 41.5 Å². The maximum Gasteiger partial charge on any atom is 0.335 e. The van der Waals surface area contributed by atoms with Gasteiger partial charge in [-0.3, -0.25) is 43.3 Å². The lowest BCUT2D eigenvalue weighted by atomic mass is 10.1. The Morgan fingerprint density at radius 3 is 1.07 bits per heavy atom. The van der Waals surface area contributed by atoms with E-state index in [1.807, 2.05) is 59.7 Å². The molecule has 0 radical (unpaired) electrons. The van der Waals surface area contributed by atoms with E-state index >= 15 is 0 Å². The number of carboxylic acid groups (broad SMARTS) is 1. The van der Waals surface area contributed by atoms with Gasteiger partial charge in [0.1, 0.15) is 17.5 Å². The van der Waals surface area contributed by atoms with Crippen LogP contribution in [0.4, 0.5) is 21.8 Å². The van der Waals surface area contributed by atoms with E-state index in [2.05, 4.69) is 40.5 Å². The molecule has 12 rings (SSSR count). The summed E-state index contributed by atoms with van der Waals surface area (Å²) < 4.78 is 20.1. The van der Waals surface area contributed by atoms with Crippen molar-refractivity contribution in [2.75, 3.05) is 24.4 Å². The average molecular weight is 1450 g/mol. The predicted molar refractivity (Wildman–Crippen MR) is 402 cm³/mol. The molecule has 0 fully saturated rings. The maximum atomic E-state index is 12.7. The fraction of sp³-hybridized carbons (Fsp3) is 0.189. The van der Waals surface area contributed by atoms with E-state index < -0.39 is 13.1 Å². The van der Waals surface area contributed by atoms with Gasteiger partial charge in [-0.1, -0.05) is 60.4 Å². The number of carbonyl (C=O) groups is 3. The molecule has 0 aliphatic carbocycles. The van der Waals surface area contributed by atoms with Gasteiger partial charge in [-0.2, -0.15) is 0 Å².